The zero-order chi connectivity index (χ0) is 22.4. The number of amides is 1. The number of carbonyl (C=O) groups excluding carboxylic acids is 2. The summed E-state index contributed by atoms with van der Waals surface area (Å²) in [5, 5.41) is 25.5. The lowest BCUT2D eigenvalue weighted by Crippen LogP contribution is -2.17. The molecule has 0 fully saturated rings. The van der Waals surface area contributed by atoms with Gasteiger partial charge in [0.25, 0.3) is 11.4 Å². The number of hydrogen-bond acceptors (Lipinski definition) is 9. The molecule has 1 aromatic heterocycles. The maximum absolute atomic E-state index is 12.4. The monoisotopic (exact) mass is 424 g/mol. The number of nitrogens with one attached hydrogen (secondary N) is 1. The molecule has 1 heterocycles. The number of carbonyl (C=O) groups is 2. The molecule has 0 spiro atoms. The highest BCUT2D eigenvalue weighted by atomic mass is 16.6. The van der Waals surface area contributed by atoms with Crippen LogP contribution in [0.15, 0.2) is 70.4 Å². The highest BCUT2D eigenvalue weighted by Crippen LogP contribution is 2.24. The fourth-order valence-electron chi connectivity index (χ4n) is 2.34. The Morgan fingerprint density at radius 1 is 1.00 bits per heavy atom. The lowest BCUT2D eigenvalue weighted by molar-refractivity contribution is -0.385. The maximum atomic E-state index is 12.4. The number of rotatable bonds is 7. The second kappa shape index (κ2) is 9.09. The molecule has 3 aromatic rings. The van der Waals surface area contributed by atoms with Crippen LogP contribution in [0.3, 0.4) is 0 Å². The lowest BCUT2D eigenvalue weighted by atomic mass is 10.2. The minimum atomic E-state index is -0.849. The number of nitro benzene ring substituents is 2. The second-order valence-electron chi connectivity index (χ2n) is 5.85. The molecule has 0 aliphatic heterocycles. The van der Waals surface area contributed by atoms with Crippen LogP contribution < -0.4 is 10.2 Å². The van der Waals surface area contributed by atoms with E-state index >= 15 is 0 Å². The Balaban J connectivity index is 1.81. The number of benzene rings is 2. The molecule has 0 bridgehead atoms. The van der Waals surface area contributed by atoms with Gasteiger partial charge in [0.05, 0.1) is 27.9 Å². The van der Waals surface area contributed by atoms with E-state index < -0.39 is 21.7 Å². The smallest absolute Gasteiger partial charge is 0.343 e. The standard InChI is InChI=1S/C19H12N4O8/c24-18(17-2-1-9-30-17)21-20-11-13-10-15(23(28)29)7-8-16(13)31-19(25)12-3-5-14(6-4-12)22(26)27/h1-11H,(H,21,24)/b20-11+. The van der Waals surface area contributed by atoms with Gasteiger partial charge >= 0.3 is 11.9 Å². The van der Waals surface area contributed by atoms with E-state index in [1.807, 2.05) is 0 Å². The van der Waals surface area contributed by atoms with Crippen molar-refractivity contribution >= 4 is 29.5 Å². The van der Waals surface area contributed by atoms with Crippen LogP contribution >= 0.6 is 0 Å². The molecule has 31 heavy (non-hydrogen) atoms. The van der Waals surface area contributed by atoms with Crippen molar-refractivity contribution in [1.29, 1.82) is 0 Å². The molecule has 1 N–H and O–H groups in total. The first kappa shape index (κ1) is 20.9. The van der Waals surface area contributed by atoms with Gasteiger partial charge in [-0.2, -0.15) is 5.10 Å². The molecule has 0 radical (unpaired) electrons. The molecule has 156 valence electrons. The third kappa shape index (κ3) is 5.14. The molecule has 0 unspecified atom stereocenters. The lowest BCUT2D eigenvalue weighted by Gasteiger charge is -2.07. The van der Waals surface area contributed by atoms with Crippen molar-refractivity contribution in [3.63, 3.8) is 0 Å². The average molecular weight is 424 g/mol. The van der Waals surface area contributed by atoms with E-state index in [9.17, 15) is 29.8 Å². The van der Waals surface area contributed by atoms with Gasteiger partial charge in [-0.15, -0.1) is 0 Å². The number of esters is 1. The number of nitrogens with zero attached hydrogens (tertiary/aromatic N) is 3. The zero-order valence-corrected chi connectivity index (χ0v) is 15.5. The topological polar surface area (TPSA) is 167 Å². The Hall–Kier alpha value is -4.87. The number of nitro groups is 2. The summed E-state index contributed by atoms with van der Waals surface area (Å²) in [6.07, 6.45) is 2.36. The fraction of sp³-hybridized carbons (Fsp3) is 0. The number of ether oxygens (including phenoxy) is 1. The first-order valence-electron chi connectivity index (χ1n) is 8.47. The normalized spacial score (nSPS) is 10.6. The van der Waals surface area contributed by atoms with Gasteiger partial charge in [-0.25, -0.2) is 10.2 Å². The molecular formula is C19H12N4O8. The summed E-state index contributed by atoms with van der Waals surface area (Å²) in [7, 11) is 0. The minimum absolute atomic E-state index is 0.000939. The molecule has 0 aliphatic carbocycles. The summed E-state index contributed by atoms with van der Waals surface area (Å²) >= 11 is 0. The first-order valence-corrected chi connectivity index (χ1v) is 8.47. The molecule has 1 amide bonds. The van der Waals surface area contributed by atoms with E-state index in [1.54, 1.807) is 0 Å². The van der Waals surface area contributed by atoms with Gasteiger partial charge in [-0.3, -0.25) is 25.0 Å². The SMILES string of the molecule is O=C(Oc1ccc([N+](=O)[O-])cc1/C=N/NC(=O)c1ccco1)c1ccc([N+](=O)[O-])cc1. The largest absolute Gasteiger partial charge is 0.459 e. The van der Waals surface area contributed by atoms with E-state index in [-0.39, 0.29) is 34.0 Å². The third-order valence-corrected chi connectivity index (χ3v) is 3.84. The van der Waals surface area contributed by atoms with Crippen LogP contribution in [-0.2, 0) is 0 Å². The summed E-state index contributed by atoms with van der Waals surface area (Å²) in [4.78, 5) is 44.7. The summed E-state index contributed by atoms with van der Waals surface area (Å²) in [6, 6.07) is 11.0. The first-order chi connectivity index (χ1) is 14.8. The predicted molar refractivity (Wildman–Crippen MR) is 105 cm³/mol. The number of hydrogen-bond donors (Lipinski definition) is 1. The Morgan fingerprint density at radius 3 is 2.29 bits per heavy atom. The summed E-state index contributed by atoms with van der Waals surface area (Å²) in [5.41, 5.74) is 1.73. The van der Waals surface area contributed by atoms with Gasteiger partial charge < -0.3 is 9.15 Å². The van der Waals surface area contributed by atoms with Crippen molar-refractivity contribution in [2.75, 3.05) is 0 Å². The highest BCUT2D eigenvalue weighted by molar-refractivity contribution is 5.95. The molecule has 0 aliphatic rings. The van der Waals surface area contributed by atoms with Crippen molar-refractivity contribution in [3.8, 4) is 5.75 Å². The molecule has 12 nitrogen and oxygen atoms in total. The summed E-state index contributed by atoms with van der Waals surface area (Å²) in [5.74, 6) is -1.58. The van der Waals surface area contributed by atoms with E-state index in [2.05, 4.69) is 10.5 Å². The minimum Gasteiger partial charge on any atom is -0.459 e. The highest BCUT2D eigenvalue weighted by Gasteiger charge is 2.16. The molecule has 2 aromatic carbocycles. The molecule has 0 atom stereocenters. The van der Waals surface area contributed by atoms with Crippen molar-refractivity contribution in [2.24, 2.45) is 5.10 Å². The van der Waals surface area contributed by atoms with Crippen LogP contribution in [0.1, 0.15) is 26.5 Å². The Kier molecular flexibility index (Phi) is 6.11. The Bertz CT molecular complexity index is 1170. The maximum Gasteiger partial charge on any atom is 0.343 e. The second-order valence-corrected chi connectivity index (χ2v) is 5.85. The molecule has 3 rings (SSSR count). The molecule has 0 saturated heterocycles. The fourth-order valence-corrected chi connectivity index (χ4v) is 2.34. The quantitative estimate of drug-likeness (QED) is 0.198. The molecule has 0 saturated carbocycles. The van der Waals surface area contributed by atoms with Gasteiger partial charge in [0, 0.05) is 29.8 Å². The van der Waals surface area contributed by atoms with Gasteiger partial charge in [0.1, 0.15) is 5.75 Å². The van der Waals surface area contributed by atoms with Crippen molar-refractivity contribution in [2.45, 2.75) is 0 Å². The number of furan rings is 1. The van der Waals surface area contributed by atoms with E-state index in [0.717, 1.165) is 30.5 Å². The van der Waals surface area contributed by atoms with Gasteiger partial charge in [-0.05, 0) is 30.3 Å². The van der Waals surface area contributed by atoms with E-state index in [0.29, 0.717) is 0 Å². The Morgan fingerprint density at radius 2 is 1.68 bits per heavy atom. The third-order valence-electron chi connectivity index (χ3n) is 3.84. The van der Waals surface area contributed by atoms with Crippen LogP contribution in [0.25, 0.3) is 0 Å². The van der Waals surface area contributed by atoms with Crippen LogP contribution in [0.4, 0.5) is 11.4 Å². The predicted octanol–water partition coefficient (Wildman–Crippen LogP) is 3.08. The van der Waals surface area contributed by atoms with Gasteiger partial charge in [-0.1, -0.05) is 0 Å². The zero-order valence-electron chi connectivity index (χ0n) is 15.5. The van der Waals surface area contributed by atoms with Crippen LogP contribution in [0.5, 0.6) is 5.75 Å². The van der Waals surface area contributed by atoms with Crippen LogP contribution in [-0.4, -0.2) is 27.9 Å². The van der Waals surface area contributed by atoms with Crippen molar-refractivity contribution in [3.05, 3.63) is 98.0 Å². The summed E-state index contributed by atoms with van der Waals surface area (Å²) < 4.78 is 10.2. The average Bonchev–Trinajstić information content (AvgIpc) is 3.29. The Labute approximate surface area is 173 Å². The van der Waals surface area contributed by atoms with Crippen molar-refractivity contribution in [1.82, 2.24) is 5.43 Å². The van der Waals surface area contributed by atoms with Crippen LogP contribution in [0.2, 0.25) is 0 Å². The molecule has 12 heteroatoms. The summed E-state index contributed by atoms with van der Waals surface area (Å²) in [6.45, 7) is 0. The van der Waals surface area contributed by atoms with E-state index in [4.69, 9.17) is 9.15 Å². The van der Waals surface area contributed by atoms with Gasteiger partial charge in [0.2, 0.25) is 0 Å². The van der Waals surface area contributed by atoms with E-state index in [1.165, 1.54) is 36.6 Å². The van der Waals surface area contributed by atoms with Crippen molar-refractivity contribution < 1.29 is 28.6 Å². The molecular weight excluding hydrogens is 412 g/mol. The number of hydrazone groups is 1. The number of non-ortho nitro benzene ring substituents is 2. The van der Waals surface area contributed by atoms with Gasteiger partial charge in [0.15, 0.2) is 5.76 Å². The van der Waals surface area contributed by atoms with Crippen LogP contribution in [0, 0.1) is 20.2 Å².